The topological polar surface area (TPSA) is 52.6 Å². The molecular formula is C18H28O4. The molecule has 0 amide bonds. The van der Waals surface area contributed by atoms with Crippen LogP contribution in [0.2, 0.25) is 0 Å². The van der Waals surface area contributed by atoms with Crippen LogP contribution in [-0.2, 0) is 19.1 Å². The van der Waals surface area contributed by atoms with Crippen LogP contribution >= 0.6 is 0 Å². The molecule has 0 saturated heterocycles. The Kier molecular flexibility index (Phi) is 4.69. The van der Waals surface area contributed by atoms with Crippen LogP contribution in [0.15, 0.2) is 12.7 Å². The number of hydrogen-bond acceptors (Lipinski definition) is 4. The normalized spacial score (nSPS) is 31.8. The highest BCUT2D eigenvalue weighted by Crippen LogP contribution is 2.61. The van der Waals surface area contributed by atoms with Gasteiger partial charge in [0.2, 0.25) is 0 Å². The van der Waals surface area contributed by atoms with Gasteiger partial charge < -0.3 is 9.47 Å². The van der Waals surface area contributed by atoms with Crippen molar-refractivity contribution in [3.05, 3.63) is 12.7 Å². The number of carbonyl (C=O) groups is 2. The van der Waals surface area contributed by atoms with Gasteiger partial charge in [0.05, 0.1) is 0 Å². The van der Waals surface area contributed by atoms with Crippen LogP contribution in [-0.4, -0.2) is 23.1 Å². The molecule has 124 valence electrons. The van der Waals surface area contributed by atoms with Gasteiger partial charge in [-0.1, -0.05) is 19.4 Å². The molecule has 0 aromatic rings. The fourth-order valence-corrected chi connectivity index (χ4v) is 4.88. The predicted octanol–water partition coefficient (Wildman–Crippen LogP) is 3.93. The summed E-state index contributed by atoms with van der Waals surface area (Å²) in [4.78, 5) is 23.6. The minimum atomic E-state index is -0.686. The molecule has 22 heavy (non-hydrogen) atoms. The molecule has 0 aromatic heterocycles. The molecule has 4 heteroatoms. The van der Waals surface area contributed by atoms with Crippen LogP contribution in [0.4, 0.5) is 0 Å². The van der Waals surface area contributed by atoms with E-state index in [1.165, 1.54) is 13.0 Å². The van der Waals surface area contributed by atoms with Crippen LogP contribution in [0.1, 0.15) is 72.1 Å². The summed E-state index contributed by atoms with van der Waals surface area (Å²) in [5, 5.41) is 0. The van der Waals surface area contributed by atoms with E-state index in [4.69, 9.17) is 9.47 Å². The van der Waals surface area contributed by atoms with Crippen molar-refractivity contribution < 1.29 is 19.1 Å². The van der Waals surface area contributed by atoms with Gasteiger partial charge in [-0.25, -0.2) is 4.79 Å². The second-order valence-electron chi connectivity index (χ2n) is 7.22. The zero-order valence-electron chi connectivity index (χ0n) is 14.1. The summed E-state index contributed by atoms with van der Waals surface area (Å²) in [6, 6.07) is 0. The van der Waals surface area contributed by atoms with E-state index < -0.39 is 17.2 Å². The number of esters is 2. The second kappa shape index (κ2) is 6.05. The van der Waals surface area contributed by atoms with Crippen LogP contribution in [0.3, 0.4) is 0 Å². The Hall–Kier alpha value is -1.32. The zero-order chi connectivity index (χ0) is 16.4. The lowest BCUT2D eigenvalue weighted by Crippen LogP contribution is -2.65. The smallest absolute Gasteiger partial charge is 0.330 e. The summed E-state index contributed by atoms with van der Waals surface area (Å²) in [6.07, 6.45) is 9.06. The Morgan fingerprint density at radius 1 is 1.05 bits per heavy atom. The summed E-state index contributed by atoms with van der Waals surface area (Å²) in [5.41, 5.74) is -1.49. The molecule has 4 nitrogen and oxygen atoms in total. The van der Waals surface area contributed by atoms with Crippen LogP contribution in [0.5, 0.6) is 0 Å². The Bertz CT molecular complexity index is 452. The van der Waals surface area contributed by atoms with E-state index in [9.17, 15) is 9.59 Å². The molecule has 0 atom stereocenters. The van der Waals surface area contributed by atoms with Crippen LogP contribution in [0, 0.1) is 5.41 Å². The Morgan fingerprint density at radius 2 is 1.55 bits per heavy atom. The lowest BCUT2D eigenvalue weighted by molar-refractivity contribution is -0.245. The van der Waals surface area contributed by atoms with Gasteiger partial charge in [0.25, 0.3) is 0 Å². The number of hydrogen-bond donors (Lipinski definition) is 0. The van der Waals surface area contributed by atoms with Gasteiger partial charge in [-0.2, -0.15) is 0 Å². The molecule has 0 radical (unpaired) electrons. The van der Waals surface area contributed by atoms with E-state index in [0.29, 0.717) is 0 Å². The minimum Gasteiger partial charge on any atom is -0.459 e. The third kappa shape index (κ3) is 2.68. The van der Waals surface area contributed by atoms with Crippen molar-refractivity contribution >= 4 is 11.9 Å². The molecule has 2 aliphatic carbocycles. The minimum absolute atomic E-state index is 0.237. The second-order valence-corrected chi connectivity index (χ2v) is 7.22. The molecule has 2 rings (SSSR count). The number of fused-ring (bicyclic) bond motifs is 1. The summed E-state index contributed by atoms with van der Waals surface area (Å²) < 4.78 is 11.7. The molecule has 2 fully saturated rings. The molecule has 0 aliphatic heterocycles. The van der Waals surface area contributed by atoms with Crippen molar-refractivity contribution in [2.75, 3.05) is 0 Å². The predicted molar refractivity (Wildman–Crippen MR) is 84.2 cm³/mol. The van der Waals surface area contributed by atoms with Crippen molar-refractivity contribution in [3.8, 4) is 0 Å². The van der Waals surface area contributed by atoms with Crippen molar-refractivity contribution in [2.45, 2.75) is 83.3 Å². The number of carbonyl (C=O) groups excluding carboxylic acids is 2. The quantitative estimate of drug-likeness (QED) is 0.583. The van der Waals surface area contributed by atoms with Gasteiger partial charge >= 0.3 is 11.9 Å². The number of rotatable bonds is 4. The van der Waals surface area contributed by atoms with Gasteiger partial charge in [-0.3, -0.25) is 4.79 Å². The lowest BCUT2D eigenvalue weighted by atomic mass is 9.50. The van der Waals surface area contributed by atoms with E-state index in [2.05, 4.69) is 6.58 Å². The Balaban J connectivity index is 2.45. The molecule has 2 aliphatic rings. The molecule has 0 N–H and O–H groups in total. The van der Waals surface area contributed by atoms with E-state index in [0.717, 1.165) is 51.4 Å². The highest BCUT2D eigenvalue weighted by molar-refractivity contribution is 5.81. The van der Waals surface area contributed by atoms with Crippen LogP contribution in [0.25, 0.3) is 0 Å². The zero-order valence-corrected chi connectivity index (χ0v) is 14.1. The molecule has 0 heterocycles. The maximum atomic E-state index is 11.8. The van der Waals surface area contributed by atoms with Gasteiger partial charge in [0.1, 0.15) is 11.2 Å². The van der Waals surface area contributed by atoms with E-state index in [1.54, 1.807) is 0 Å². The van der Waals surface area contributed by atoms with E-state index in [-0.39, 0.29) is 11.4 Å². The first-order valence-corrected chi connectivity index (χ1v) is 8.34. The highest BCUT2D eigenvalue weighted by Gasteiger charge is 2.64. The molecule has 2 saturated carbocycles. The average Bonchev–Trinajstić information content (AvgIpc) is 2.45. The van der Waals surface area contributed by atoms with Gasteiger partial charge in [0.15, 0.2) is 0 Å². The van der Waals surface area contributed by atoms with Crippen molar-refractivity contribution in [1.29, 1.82) is 0 Å². The molecule has 0 spiro atoms. The maximum absolute atomic E-state index is 11.8. The number of ether oxygens (including phenoxy) is 2. The average molecular weight is 308 g/mol. The first-order valence-electron chi connectivity index (χ1n) is 8.34. The first kappa shape index (κ1) is 17.0. The first-order chi connectivity index (χ1) is 10.3. The lowest BCUT2D eigenvalue weighted by Gasteiger charge is -2.61. The summed E-state index contributed by atoms with van der Waals surface area (Å²) in [7, 11) is 0. The van der Waals surface area contributed by atoms with Crippen molar-refractivity contribution in [3.63, 3.8) is 0 Å². The third-order valence-corrected chi connectivity index (χ3v) is 5.75. The van der Waals surface area contributed by atoms with Gasteiger partial charge in [0, 0.05) is 18.4 Å². The van der Waals surface area contributed by atoms with Gasteiger partial charge in [-0.05, 0) is 52.4 Å². The SMILES string of the molecule is C=CC(=O)OC(C)(C)C12CCCCC1(OC(C)=O)CCCC2. The standard InChI is InChI=1S/C18H28O4/c1-5-15(20)22-16(3,4)17-10-6-8-12-18(17,21-14(2)19)13-9-7-11-17/h5H,1,6-13H2,2-4H3. The van der Waals surface area contributed by atoms with E-state index in [1.807, 2.05) is 13.8 Å². The fraction of sp³-hybridized carbons (Fsp3) is 0.778. The van der Waals surface area contributed by atoms with Gasteiger partial charge in [-0.15, -0.1) is 0 Å². The summed E-state index contributed by atoms with van der Waals surface area (Å²) >= 11 is 0. The van der Waals surface area contributed by atoms with Crippen molar-refractivity contribution in [2.24, 2.45) is 5.41 Å². The molecular weight excluding hydrogens is 280 g/mol. The highest BCUT2D eigenvalue weighted by atomic mass is 16.6. The Labute approximate surface area is 133 Å². The molecule has 0 unspecified atom stereocenters. The molecule has 0 bridgehead atoms. The summed E-state index contributed by atoms with van der Waals surface area (Å²) in [5.74, 6) is -0.647. The van der Waals surface area contributed by atoms with Crippen molar-refractivity contribution in [1.82, 2.24) is 0 Å². The third-order valence-electron chi connectivity index (χ3n) is 5.75. The van der Waals surface area contributed by atoms with E-state index >= 15 is 0 Å². The monoisotopic (exact) mass is 308 g/mol. The maximum Gasteiger partial charge on any atom is 0.330 e. The van der Waals surface area contributed by atoms with Crippen LogP contribution < -0.4 is 0 Å². The molecule has 0 aromatic carbocycles. The summed E-state index contributed by atoms with van der Waals surface area (Å²) in [6.45, 7) is 8.90. The fourth-order valence-electron chi connectivity index (χ4n) is 4.88. The Morgan fingerprint density at radius 3 is 2.00 bits per heavy atom. The largest absolute Gasteiger partial charge is 0.459 e.